The van der Waals surface area contributed by atoms with Crippen LogP contribution < -0.4 is 4.74 Å². The Balaban J connectivity index is 1.47. The molecule has 0 bridgehead atoms. The molecule has 6 rings (SSSR count). The minimum Gasteiger partial charge on any atom is -0.497 e. The molecule has 2 aliphatic heterocycles. The van der Waals surface area contributed by atoms with Gasteiger partial charge in [-0.1, -0.05) is 103 Å². The smallest absolute Gasteiger partial charge is 0.300 e. The summed E-state index contributed by atoms with van der Waals surface area (Å²) >= 11 is 0. The maximum Gasteiger partial charge on any atom is 0.300 e. The molecule has 222 valence electrons. The molecular formula is C34H33NO8. The normalized spacial score (nSPS) is 25.4. The van der Waals surface area contributed by atoms with E-state index in [2.05, 4.69) is 0 Å². The second-order valence-corrected chi connectivity index (χ2v) is 10.7. The molecule has 1 unspecified atom stereocenters. The summed E-state index contributed by atoms with van der Waals surface area (Å²) in [6.45, 7) is -0.684. The van der Waals surface area contributed by atoms with Crippen LogP contribution in [0.1, 0.15) is 28.5 Å². The van der Waals surface area contributed by atoms with Gasteiger partial charge in [-0.15, -0.1) is 0 Å². The van der Waals surface area contributed by atoms with Crippen LogP contribution in [0.4, 0.5) is 0 Å². The van der Waals surface area contributed by atoms with Gasteiger partial charge in [0.25, 0.3) is 0 Å². The molecule has 0 spiro atoms. The number of aliphatic hydroxyl groups excluding tert-OH is 1. The first-order valence-corrected chi connectivity index (χ1v) is 14.1. The average Bonchev–Trinajstić information content (AvgIpc) is 3.07. The van der Waals surface area contributed by atoms with E-state index in [1.54, 1.807) is 7.11 Å². The fourth-order valence-corrected chi connectivity index (χ4v) is 6.04. The highest BCUT2D eigenvalue weighted by Gasteiger charge is 2.66. The topological polar surface area (TPSA) is 110 Å². The average molecular weight is 584 g/mol. The highest BCUT2D eigenvalue weighted by Crippen LogP contribution is 2.45. The van der Waals surface area contributed by atoms with E-state index in [9.17, 15) is 15.2 Å². The summed E-state index contributed by atoms with van der Waals surface area (Å²) in [5.41, 5.74) is -0.384. The molecule has 2 heterocycles. The first-order chi connectivity index (χ1) is 21.0. The van der Waals surface area contributed by atoms with E-state index in [-0.39, 0.29) is 13.2 Å². The number of ether oxygens (including phenoxy) is 5. The number of aliphatic hydroxyl groups is 1. The van der Waals surface area contributed by atoms with Crippen molar-refractivity contribution in [2.75, 3.05) is 26.9 Å². The molecule has 4 aromatic rings. The molecule has 0 saturated carbocycles. The van der Waals surface area contributed by atoms with Crippen molar-refractivity contribution in [3.63, 3.8) is 0 Å². The van der Waals surface area contributed by atoms with E-state index in [1.165, 1.54) is 0 Å². The van der Waals surface area contributed by atoms with Crippen molar-refractivity contribution in [1.29, 1.82) is 0 Å². The molecule has 0 amide bonds. The van der Waals surface area contributed by atoms with Gasteiger partial charge in [-0.05, 0) is 28.8 Å². The number of hydrogen-bond acceptors (Lipinski definition) is 8. The minimum atomic E-state index is -2.07. The first kappa shape index (κ1) is 29.0. The lowest BCUT2D eigenvalue weighted by Gasteiger charge is -2.48. The van der Waals surface area contributed by atoms with Gasteiger partial charge in [0.2, 0.25) is 0 Å². The van der Waals surface area contributed by atoms with Gasteiger partial charge < -0.3 is 28.8 Å². The minimum absolute atomic E-state index is 0.0630. The Morgan fingerprint density at radius 1 is 0.837 bits per heavy atom. The highest BCUT2D eigenvalue weighted by atomic mass is 16.7. The Hall–Kier alpha value is -4.12. The predicted molar refractivity (Wildman–Crippen MR) is 157 cm³/mol. The van der Waals surface area contributed by atoms with Crippen LogP contribution in [-0.4, -0.2) is 60.8 Å². The van der Waals surface area contributed by atoms with Gasteiger partial charge >= 0.3 is 5.54 Å². The Morgan fingerprint density at radius 2 is 1.40 bits per heavy atom. The highest BCUT2D eigenvalue weighted by molar-refractivity contribution is 5.48. The fourth-order valence-electron chi connectivity index (χ4n) is 6.04. The van der Waals surface area contributed by atoms with Crippen molar-refractivity contribution >= 4 is 0 Å². The van der Waals surface area contributed by atoms with Crippen LogP contribution >= 0.6 is 0 Å². The van der Waals surface area contributed by atoms with Crippen LogP contribution in [0.5, 0.6) is 5.75 Å². The van der Waals surface area contributed by atoms with E-state index in [0.717, 1.165) is 16.7 Å². The fraction of sp³-hybridized carbons (Fsp3) is 0.294. The van der Waals surface area contributed by atoms with Gasteiger partial charge in [-0.3, -0.25) is 10.1 Å². The quantitative estimate of drug-likeness (QED) is 0.169. The molecule has 9 nitrogen and oxygen atoms in total. The third-order valence-electron chi connectivity index (χ3n) is 8.35. The van der Waals surface area contributed by atoms with E-state index < -0.39 is 47.3 Å². The number of rotatable bonds is 9. The van der Waals surface area contributed by atoms with Crippen LogP contribution in [0.15, 0.2) is 115 Å². The zero-order valence-electron chi connectivity index (χ0n) is 23.7. The summed E-state index contributed by atoms with van der Waals surface area (Å²) in [5, 5.41) is 24.5. The van der Waals surface area contributed by atoms with E-state index in [1.807, 2.05) is 115 Å². The van der Waals surface area contributed by atoms with E-state index in [4.69, 9.17) is 23.7 Å². The Labute approximate surface area is 249 Å². The third kappa shape index (κ3) is 5.20. The van der Waals surface area contributed by atoms with Crippen molar-refractivity contribution in [2.24, 2.45) is 0 Å². The van der Waals surface area contributed by atoms with Crippen LogP contribution in [0.25, 0.3) is 0 Å². The molecule has 1 N–H and O–H groups in total. The number of fused-ring (bicyclic) bond motifs is 1. The molecule has 9 heteroatoms. The predicted octanol–water partition coefficient (Wildman–Crippen LogP) is 4.89. The van der Waals surface area contributed by atoms with E-state index >= 15 is 0 Å². The third-order valence-corrected chi connectivity index (χ3v) is 8.35. The van der Waals surface area contributed by atoms with Crippen molar-refractivity contribution in [2.45, 2.75) is 35.7 Å². The van der Waals surface area contributed by atoms with Crippen LogP contribution in [-0.2, 0) is 24.5 Å². The molecular weight excluding hydrogens is 550 g/mol. The lowest BCUT2D eigenvalue weighted by atomic mass is 9.78. The van der Waals surface area contributed by atoms with Gasteiger partial charge in [-0.25, -0.2) is 0 Å². The van der Waals surface area contributed by atoms with Crippen molar-refractivity contribution < 1.29 is 33.7 Å². The molecule has 2 aliphatic rings. The summed E-state index contributed by atoms with van der Waals surface area (Å²) in [5.74, 6) is 0.658. The second-order valence-electron chi connectivity index (χ2n) is 10.7. The van der Waals surface area contributed by atoms with Crippen molar-refractivity contribution in [3.8, 4) is 5.75 Å². The molecule has 0 aliphatic carbocycles. The summed E-state index contributed by atoms with van der Waals surface area (Å²) in [6.07, 6.45) is -4.32. The monoisotopic (exact) mass is 583 g/mol. The largest absolute Gasteiger partial charge is 0.497 e. The van der Waals surface area contributed by atoms with Gasteiger partial charge in [0.05, 0.1) is 20.3 Å². The number of hydrogen-bond donors (Lipinski definition) is 1. The Morgan fingerprint density at radius 3 is 1.95 bits per heavy atom. The van der Waals surface area contributed by atoms with Gasteiger partial charge in [0.15, 0.2) is 18.5 Å². The van der Waals surface area contributed by atoms with E-state index in [0.29, 0.717) is 11.3 Å². The zero-order valence-corrected chi connectivity index (χ0v) is 23.7. The summed E-state index contributed by atoms with van der Waals surface area (Å²) < 4.78 is 30.3. The number of nitro groups is 1. The van der Waals surface area contributed by atoms with Crippen LogP contribution in [0.2, 0.25) is 0 Å². The van der Waals surface area contributed by atoms with Gasteiger partial charge in [-0.2, -0.15) is 0 Å². The number of nitrogens with zero attached hydrogens (tertiary/aromatic N) is 1. The number of methoxy groups -OCH3 is 1. The standard InChI is InChI=1S/C34H33NO8/c1-39-28-19-17-27(18-20-28)34(25-13-7-3-8-14-25,26-15-9-4-10-16-26)42-23-33(35(37)38)30(36)22-40-29-21-41-32(43-31(29)33)24-11-5-2-6-12-24/h2-20,29-32,36H,21-23H2,1H3/t29-,30+,31-,32?,33+/m1/s1. The van der Waals surface area contributed by atoms with Crippen LogP contribution in [0.3, 0.4) is 0 Å². The number of benzene rings is 4. The maximum absolute atomic E-state index is 13.2. The van der Waals surface area contributed by atoms with Crippen molar-refractivity contribution in [3.05, 3.63) is 148 Å². The summed E-state index contributed by atoms with van der Waals surface area (Å²) in [6, 6.07) is 35.7. The second kappa shape index (κ2) is 12.2. The Kier molecular flexibility index (Phi) is 8.25. The SMILES string of the molecule is COc1ccc(C(OC[C@@]2([N+](=O)[O-])[C@@H]3OC(c4ccccc4)OC[C@H]3OC[C@@H]2O)(c2ccccc2)c2ccccc2)cc1. The maximum atomic E-state index is 13.2. The van der Waals surface area contributed by atoms with Gasteiger partial charge in [0, 0.05) is 10.5 Å². The van der Waals surface area contributed by atoms with Crippen molar-refractivity contribution in [1.82, 2.24) is 0 Å². The molecule has 0 aromatic heterocycles. The molecule has 0 radical (unpaired) electrons. The van der Waals surface area contributed by atoms with Gasteiger partial charge in [0.1, 0.15) is 24.1 Å². The lowest BCUT2D eigenvalue weighted by Crippen LogP contribution is -2.72. The molecule has 2 saturated heterocycles. The Bertz CT molecular complexity index is 1460. The summed E-state index contributed by atoms with van der Waals surface area (Å²) in [7, 11) is 1.59. The molecule has 43 heavy (non-hydrogen) atoms. The lowest BCUT2D eigenvalue weighted by molar-refractivity contribution is -0.618. The summed E-state index contributed by atoms with van der Waals surface area (Å²) in [4.78, 5) is 12.7. The zero-order chi connectivity index (χ0) is 29.9. The molecule has 5 atom stereocenters. The molecule has 4 aromatic carbocycles. The van der Waals surface area contributed by atoms with Crippen LogP contribution in [0, 0.1) is 10.1 Å². The first-order valence-electron chi connectivity index (χ1n) is 14.1. The molecule has 2 fully saturated rings.